The topological polar surface area (TPSA) is 90.9 Å². The summed E-state index contributed by atoms with van der Waals surface area (Å²) in [6.45, 7) is 7.45. The Morgan fingerprint density at radius 2 is 2.06 bits per heavy atom. The number of hydrogen-bond donors (Lipinski definition) is 4. The largest absolute Gasteiger partial charge is 0.409 e. The number of amidine groups is 1. The van der Waals surface area contributed by atoms with Gasteiger partial charge in [-0.15, -0.1) is 0 Å². The molecule has 0 radical (unpaired) electrons. The summed E-state index contributed by atoms with van der Waals surface area (Å²) in [4.78, 5) is 0. The Kier molecular flexibility index (Phi) is 7.91. The van der Waals surface area contributed by atoms with E-state index in [0.717, 1.165) is 32.2 Å². The fraction of sp³-hybridized carbons (Fsp3) is 0.917. The van der Waals surface area contributed by atoms with E-state index in [1.165, 1.54) is 0 Å². The van der Waals surface area contributed by atoms with E-state index < -0.39 is 0 Å². The second kappa shape index (κ2) is 8.31. The van der Waals surface area contributed by atoms with Crippen LogP contribution in [-0.4, -0.2) is 35.3 Å². The number of nitrogens with zero attached hydrogens (tertiary/aromatic N) is 1. The van der Waals surface area contributed by atoms with E-state index in [1.807, 2.05) is 20.8 Å². The lowest BCUT2D eigenvalue weighted by Crippen LogP contribution is -2.32. The average Bonchev–Trinajstić information content (AvgIpc) is 2.31. The quantitative estimate of drug-likeness (QED) is 0.162. The van der Waals surface area contributed by atoms with E-state index in [4.69, 9.17) is 10.9 Å². The molecule has 0 aromatic carbocycles. The van der Waals surface area contributed by atoms with Crippen molar-refractivity contribution in [1.29, 1.82) is 0 Å². The predicted molar refractivity (Wildman–Crippen MR) is 70.2 cm³/mol. The van der Waals surface area contributed by atoms with E-state index in [-0.39, 0.29) is 17.4 Å². The highest BCUT2D eigenvalue weighted by molar-refractivity contribution is 5.85. The van der Waals surface area contributed by atoms with E-state index >= 15 is 0 Å². The van der Waals surface area contributed by atoms with Gasteiger partial charge in [-0.25, -0.2) is 0 Å². The zero-order valence-electron chi connectivity index (χ0n) is 11.2. The molecule has 0 heterocycles. The molecule has 0 aromatic rings. The molecule has 0 amide bonds. The Labute approximate surface area is 104 Å². The standard InChI is InChI=1S/C12H27N3O2/c1-4-10(16)9-14-8-6-5-7-12(2,3)11(13)15-17/h10,14,16-17H,4-9H2,1-3H3,(H2,13,15). The molecule has 5 nitrogen and oxygen atoms in total. The van der Waals surface area contributed by atoms with Crippen LogP contribution in [0.15, 0.2) is 5.16 Å². The van der Waals surface area contributed by atoms with Crippen LogP contribution in [0, 0.1) is 5.41 Å². The molecule has 102 valence electrons. The van der Waals surface area contributed by atoms with Gasteiger partial charge in [0.1, 0.15) is 5.84 Å². The molecule has 0 aliphatic rings. The number of oxime groups is 1. The van der Waals surface area contributed by atoms with E-state index in [1.54, 1.807) is 0 Å². The van der Waals surface area contributed by atoms with Gasteiger partial charge in [0.2, 0.25) is 0 Å². The zero-order chi connectivity index (χ0) is 13.3. The van der Waals surface area contributed by atoms with Gasteiger partial charge < -0.3 is 21.4 Å². The van der Waals surface area contributed by atoms with Crippen molar-refractivity contribution in [3.63, 3.8) is 0 Å². The molecule has 0 rings (SSSR count). The van der Waals surface area contributed by atoms with E-state index in [0.29, 0.717) is 6.54 Å². The number of nitrogens with two attached hydrogens (primary N) is 1. The first-order valence-electron chi connectivity index (χ1n) is 6.30. The number of rotatable bonds is 9. The third-order valence-electron chi connectivity index (χ3n) is 3.06. The predicted octanol–water partition coefficient (Wildman–Crippen LogP) is 1.29. The first kappa shape index (κ1) is 16.2. The maximum Gasteiger partial charge on any atom is 0.144 e. The molecule has 17 heavy (non-hydrogen) atoms. The summed E-state index contributed by atoms with van der Waals surface area (Å²) in [7, 11) is 0. The van der Waals surface area contributed by atoms with Gasteiger partial charge in [-0.1, -0.05) is 32.3 Å². The third kappa shape index (κ3) is 7.18. The Morgan fingerprint density at radius 1 is 1.41 bits per heavy atom. The van der Waals surface area contributed by atoms with Gasteiger partial charge in [0.25, 0.3) is 0 Å². The fourth-order valence-electron chi connectivity index (χ4n) is 1.49. The van der Waals surface area contributed by atoms with Crippen LogP contribution in [0.2, 0.25) is 0 Å². The van der Waals surface area contributed by atoms with Crippen molar-refractivity contribution < 1.29 is 10.3 Å². The van der Waals surface area contributed by atoms with E-state index in [9.17, 15) is 5.11 Å². The summed E-state index contributed by atoms with van der Waals surface area (Å²) in [6.07, 6.45) is 3.46. The van der Waals surface area contributed by atoms with Gasteiger partial charge in [0.15, 0.2) is 0 Å². The zero-order valence-corrected chi connectivity index (χ0v) is 11.2. The summed E-state index contributed by atoms with van der Waals surface area (Å²) in [6, 6.07) is 0. The molecule has 0 bridgehead atoms. The average molecular weight is 245 g/mol. The van der Waals surface area contributed by atoms with Crippen LogP contribution < -0.4 is 11.1 Å². The fourth-order valence-corrected chi connectivity index (χ4v) is 1.49. The molecule has 1 atom stereocenters. The maximum absolute atomic E-state index is 9.33. The van der Waals surface area contributed by atoms with Crippen molar-refractivity contribution in [2.75, 3.05) is 13.1 Å². The van der Waals surface area contributed by atoms with Crippen molar-refractivity contribution >= 4 is 5.84 Å². The van der Waals surface area contributed by atoms with Crippen molar-refractivity contribution in [3.8, 4) is 0 Å². The van der Waals surface area contributed by atoms with Crippen LogP contribution in [0.3, 0.4) is 0 Å². The number of unbranched alkanes of at least 4 members (excludes halogenated alkanes) is 1. The Hall–Kier alpha value is -0.810. The highest BCUT2D eigenvalue weighted by Crippen LogP contribution is 2.22. The number of aliphatic hydroxyl groups is 1. The van der Waals surface area contributed by atoms with Crippen LogP contribution in [0.25, 0.3) is 0 Å². The van der Waals surface area contributed by atoms with Crippen LogP contribution in [0.4, 0.5) is 0 Å². The summed E-state index contributed by atoms with van der Waals surface area (Å²) in [5, 5.41) is 24.2. The second-order valence-corrected chi connectivity index (χ2v) is 5.09. The molecule has 0 saturated carbocycles. The first-order valence-corrected chi connectivity index (χ1v) is 6.30. The normalized spacial score (nSPS) is 14.9. The first-order chi connectivity index (χ1) is 7.94. The Balaban J connectivity index is 3.58. The molecule has 5 N–H and O–H groups in total. The molecule has 0 aliphatic heterocycles. The van der Waals surface area contributed by atoms with Gasteiger partial charge in [-0.3, -0.25) is 0 Å². The highest BCUT2D eigenvalue weighted by Gasteiger charge is 2.22. The van der Waals surface area contributed by atoms with Crippen molar-refractivity contribution in [1.82, 2.24) is 5.32 Å². The van der Waals surface area contributed by atoms with Gasteiger partial charge in [0, 0.05) is 12.0 Å². The van der Waals surface area contributed by atoms with Gasteiger partial charge in [-0.2, -0.15) is 0 Å². The smallest absolute Gasteiger partial charge is 0.144 e. The summed E-state index contributed by atoms with van der Waals surface area (Å²) in [5.41, 5.74) is 5.35. The molecule has 0 saturated heterocycles. The van der Waals surface area contributed by atoms with E-state index in [2.05, 4.69) is 10.5 Å². The number of aliphatic hydroxyl groups excluding tert-OH is 1. The molecule has 0 fully saturated rings. The second-order valence-electron chi connectivity index (χ2n) is 5.09. The van der Waals surface area contributed by atoms with Crippen molar-refractivity contribution in [2.24, 2.45) is 16.3 Å². The summed E-state index contributed by atoms with van der Waals surface area (Å²) in [5.74, 6) is 0.284. The maximum atomic E-state index is 9.33. The molecule has 0 aliphatic carbocycles. The minimum absolute atomic E-state index is 0.247. The molecule has 0 aromatic heterocycles. The van der Waals surface area contributed by atoms with Crippen LogP contribution in [0.5, 0.6) is 0 Å². The lowest BCUT2D eigenvalue weighted by atomic mass is 9.86. The minimum Gasteiger partial charge on any atom is -0.409 e. The molecular formula is C12H27N3O2. The third-order valence-corrected chi connectivity index (χ3v) is 3.06. The molecule has 5 heteroatoms. The van der Waals surface area contributed by atoms with Crippen LogP contribution in [0.1, 0.15) is 46.5 Å². The summed E-state index contributed by atoms with van der Waals surface area (Å²) < 4.78 is 0. The van der Waals surface area contributed by atoms with Gasteiger partial charge in [0.05, 0.1) is 6.10 Å². The van der Waals surface area contributed by atoms with Gasteiger partial charge >= 0.3 is 0 Å². The number of hydrogen-bond acceptors (Lipinski definition) is 4. The molecular weight excluding hydrogens is 218 g/mol. The van der Waals surface area contributed by atoms with Crippen molar-refractivity contribution in [3.05, 3.63) is 0 Å². The molecule has 0 spiro atoms. The Morgan fingerprint density at radius 3 is 2.59 bits per heavy atom. The lowest BCUT2D eigenvalue weighted by Gasteiger charge is -2.22. The minimum atomic E-state index is -0.252. The highest BCUT2D eigenvalue weighted by atomic mass is 16.4. The number of nitrogens with one attached hydrogen (secondary N) is 1. The monoisotopic (exact) mass is 245 g/mol. The SMILES string of the molecule is CCC(O)CNCCCCC(C)(C)C(N)=NO. The van der Waals surface area contributed by atoms with Crippen molar-refractivity contribution in [2.45, 2.75) is 52.6 Å². The lowest BCUT2D eigenvalue weighted by molar-refractivity contribution is 0.167. The summed E-state index contributed by atoms with van der Waals surface area (Å²) >= 11 is 0. The van der Waals surface area contributed by atoms with Gasteiger partial charge in [-0.05, 0) is 25.8 Å². The van der Waals surface area contributed by atoms with Crippen LogP contribution in [-0.2, 0) is 0 Å². The Bertz CT molecular complexity index is 230. The van der Waals surface area contributed by atoms with Crippen LogP contribution >= 0.6 is 0 Å². The molecule has 1 unspecified atom stereocenters.